The molecule has 42 heavy (non-hydrogen) atoms. The number of nitrogens with zero attached hydrogens (tertiary/aromatic N) is 2. The van der Waals surface area contributed by atoms with Gasteiger partial charge in [-0.2, -0.15) is 0 Å². The van der Waals surface area contributed by atoms with Gasteiger partial charge in [0.05, 0.1) is 22.8 Å². The zero-order chi connectivity index (χ0) is 29.4. The molecule has 2 aromatic carbocycles. The molecule has 0 unspecified atom stereocenters. The molecular weight excluding hydrogens is 555 g/mol. The van der Waals surface area contributed by atoms with Crippen LogP contribution in [-0.4, -0.2) is 11.4 Å². The van der Waals surface area contributed by atoms with Gasteiger partial charge in [-0.05, 0) is 61.4 Å². The minimum absolute atomic E-state index is 0. The first-order valence-corrected chi connectivity index (χ1v) is 16.1. The number of hydrogen-bond acceptors (Lipinski definition) is 2. The van der Waals surface area contributed by atoms with E-state index >= 15 is 0 Å². The van der Waals surface area contributed by atoms with Crippen molar-refractivity contribution in [3.8, 4) is 24.7 Å². The maximum Gasteiger partial charge on any atom is 0.0848 e. The second-order valence-electron chi connectivity index (χ2n) is 10.8. The Bertz CT molecular complexity index is 1180. The quantitative estimate of drug-likeness (QED) is 0.0584. The van der Waals surface area contributed by atoms with Crippen molar-refractivity contribution in [2.24, 2.45) is 9.98 Å². The summed E-state index contributed by atoms with van der Waals surface area (Å²) < 4.78 is 0. The molecule has 0 aliphatic carbocycles. The summed E-state index contributed by atoms with van der Waals surface area (Å²) >= 11 is 0. The van der Waals surface area contributed by atoms with Gasteiger partial charge in [-0.25, -0.2) is 4.99 Å². The fraction of sp³-hybridized carbons (Fsp3) is 0.487. The van der Waals surface area contributed by atoms with Crippen molar-refractivity contribution in [2.75, 3.05) is 0 Å². The van der Waals surface area contributed by atoms with Crippen LogP contribution in [0.4, 0.5) is 11.4 Å². The Kier molecular flexibility index (Phi) is 21.9. The summed E-state index contributed by atoms with van der Waals surface area (Å²) in [6.45, 7) is 4.44. The second-order valence-corrected chi connectivity index (χ2v) is 10.8. The Balaban J connectivity index is 0.00000882. The van der Waals surface area contributed by atoms with Crippen molar-refractivity contribution in [1.29, 1.82) is 0 Å². The summed E-state index contributed by atoms with van der Waals surface area (Å²) in [7, 11) is 0. The number of rotatable bonds is 21. The Morgan fingerprint density at radius 2 is 1.14 bits per heavy atom. The van der Waals surface area contributed by atoms with Crippen molar-refractivity contribution in [3.05, 3.63) is 71.8 Å². The molecule has 0 amide bonds. The Morgan fingerprint density at radius 1 is 0.667 bits per heavy atom. The van der Waals surface area contributed by atoms with Gasteiger partial charge in [-0.1, -0.05) is 121 Å². The van der Waals surface area contributed by atoms with Crippen LogP contribution < -0.4 is 0 Å². The predicted octanol–water partition coefficient (Wildman–Crippen LogP) is 11.3. The number of allylic oxidation sites excluding steroid dienone is 2. The van der Waals surface area contributed by atoms with Gasteiger partial charge >= 0.3 is 0 Å². The average Bonchev–Trinajstić information content (AvgIpc) is 3.00. The van der Waals surface area contributed by atoms with Crippen LogP contribution in [0.2, 0.25) is 0 Å². The van der Waals surface area contributed by atoms with E-state index in [0.29, 0.717) is 12.8 Å². The van der Waals surface area contributed by atoms with E-state index in [0.717, 1.165) is 48.5 Å². The summed E-state index contributed by atoms with van der Waals surface area (Å²) in [4.78, 5) is 10.3. The molecular formula is C39H52N2Ni. The van der Waals surface area contributed by atoms with Gasteiger partial charge in [-0.3, -0.25) is 4.99 Å². The Labute approximate surface area is 267 Å². The molecule has 0 saturated heterocycles. The van der Waals surface area contributed by atoms with Gasteiger partial charge in [0.15, 0.2) is 0 Å². The number of unbranched alkanes of at least 4 members (excludes halogenated alkanes) is 11. The number of para-hydroxylation sites is 2. The van der Waals surface area contributed by atoms with E-state index in [-0.39, 0.29) is 16.5 Å². The summed E-state index contributed by atoms with van der Waals surface area (Å²) in [6.07, 6.45) is 35.4. The molecule has 0 aliphatic rings. The molecule has 0 saturated carbocycles. The molecule has 228 valence electrons. The van der Waals surface area contributed by atoms with Gasteiger partial charge in [0.2, 0.25) is 0 Å². The molecule has 0 fully saturated rings. The molecule has 0 spiro atoms. The first kappa shape index (κ1) is 37.2. The first-order chi connectivity index (χ1) is 20.2. The van der Waals surface area contributed by atoms with Crippen LogP contribution >= 0.6 is 0 Å². The standard InChI is InChI=1S/C39H52N2.Ni/c1-5-9-12-13-14-15-16-17-18-19-20-21-22-33-39(41-38-32-26-24-30-35(38)28-11-7-3)36(8-4)40-37-31-25-23-29-34(37)27-10-6-2;/h2-3,22-26,29-33H,5,8-21,27-28H2,1,4H3;. The molecule has 2 rings (SSSR count). The summed E-state index contributed by atoms with van der Waals surface area (Å²) in [6, 6.07) is 16.6. The number of terminal acetylenes is 2. The maximum atomic E-state index is 5.57. The van der Waals surface area contributed by atoms with Gasteiger partial charge < -0.3 is 0 Å². The molecule has 0 atom stereocenters. The predicted molar refractivity (Wildman–Crippen MR) is 182 cm³/mol. The molecule has 0 aromatic heterocycles. The number of benzene rings is 2. The monoisotopic (exact) mass is 606 g/mol. The van der Waals surface area contributed by atoms with Crippen LogP contribution in [-0.2, 0) is 29.3 Å². The van der Waals surface area contributed by atoms with Crippen LogP contribution in [0.15, 0.2) is 70.7 Å². The molecule has 0 radical (unpaired) electrons. The summed E-state index contributed by atoms with van der Waals surface area (Å²) in [5, 5.41) is 0. The van der Waals surface area contributed by atoms with E-state index in [2.05, 4.69) is 74.2 Å². The number of aryl methyl sites for hydroxylation is 2. The van der Waals surface area contributed by atoms with Gasteiger partial charge in [-0.15, -0.1) is 24.7 Å². The number of hydrogen-bond donors (Lipinski definition) is 0. The van der Waals surface area contributed by atoms with Crippen LogP contribution in [0, 0.1) is 24.7 Å². The van der Waals surface area contributed by atoms with Crippen molar-refractivity contribution in [3.63, 3.8) is 0 Å². The second kappa shape index (κ2) is 24.7. The molecule has 2 nitrogen and oxygen atoms in total. The van der Waals surface area contributed by atoms with Crippen LogP contribution in [0.25, 0.3) is 0 Å². The fourth-order valence-electron chi connectivity index (χ4n) is 4.99. The van der Waals surface area contributed by atoms with Gasteiger partial charge in [0.25, 0.3) is 0 Å². The Hall–Kier alpha value is -2.87. The van der Waals surface area contributed by atoms with Crippen molar-refractivity contribution in [2.45, 2.75) is 123 Å². The molecule has 0 heterocycles. The van der Waals surface area contributed by atoms with Crippen LogP contribution in [0.1, 0.15) is 121 Å². The summed E-state index contributed by atoms with van der Waals surface area (Å²) in [5.74, 6) is 5.53. The smallest absolute Gasteiger partial charge is 0.0848 e. The van der Waals surface area contributed by atoms with Gasteiger partial charge in [0.1, 0.15) is 0 Å². The van der Waals surface area contributed by atoms with E-state index in [1.54, 1.807) is 0 Å². The molecule has 0 bridgehead atoms. The SMILES string of the molecule is C#CCCc1ccccc1N=C(C=CCCCCCCCCCCCCC)C(CC)=Nc1ccccc1CCC#C.[Ni]. The topological polar surface area (TPSA) is 24.7 Å². The maximum absolute atomic E-state index is 5.57. The van der Waals surface area contributed by atoms with E-state index in [1.807, 2.05) is 12.1 Å². The van der Waals surface area contributed by atoms with Crippen molar-refractivity contribution >= 4 is 22.8 Å². The largest absolute Gasteiger partial charge is 0.251 e. The summed E-state index contributed by atoms with van der Waals surface area (Å²) in [5.41, 5.74) is 6.21. The first-order valence-electron chi connectivity index (χ1n) is 16.1. The van der Waals surface area contributed by atoms with Crippen molar-refractivity contribution in [1.82, 2.24) is 0 Å². The third kappa shape index (κ3) is 15.4. The third-order valence-electron chi connectivity index (χ3n) is 7.44. The van der Waals surface area contributed by atoms with Gasteiger partial charge in [0, 0.05) is 29.3 Å². The minimum atomic E-state index is 0. The van der Waals surface area contributed by atoms with E-state index in [1.165, 1.54) is 81.8 Å². The average molecular weight is 608 g/mol. The third-order valence-corrected chi connectivity index (χ3v) is 7.44. The molecule has 2 aromatic rings. The van der Waals surface area contributed by atoms with E-state index in [9.17, 15) is 0 Å². The minimum Gasteiger partial charge on any atom is -0.251 e. The molecule has 0 N–H and O–H groups in total. The molecule has 3 heteroatoms. The Morgan fingerprint density at radius 3 is 1.64 bits per heavy atom. The van der Waals surface area contributed by atoms with E-state index < -0.39 is 0 Å². The van der Waals surface area contributed by atoms with Crippen LogP contribution in [0.3, 0.4) is 0 Å². The fourth-order valence-corrected chi connectivity index (χ4v) is 4.99. The van der Waals surface area contributed by atoms with Crippen LogP contribution in [0.5, 0.6) is 0 Å². The zero-order valence-corrected chi connectivity index (χ0v) is 27.1. The molecule has 0 aliphatic heterocycles. The van der Waals surface area contributed by atoms with Crippen molar-refractivity contribution < 1.29 is 16.5 Å². The zero-order valence-electron chi connectivity index (χ0n) is 26.2. The number of aliphatic imine (C=N–C) groups is 2. The normalized spacial score (nSPS) is 11.7. The van der Waals surface area contributed by atoms with E-state index in [4.69, 9.17) is 22.8 Å².